The number of rotatable bonds is 4. The molecule has 1 aromatic rings. The van der Waals surface area contributed by atoms with Crippen molar-refractivity contribution in [3.05, 3.63) is 18.2 Å². The lowest BCUT2D eigenvalue weighted by molar-refractivity contribution is 0.414. The minimum Gasteiger partial charge on any atom is -0.497 e. The molecule has 0 bridgehead atoms. The van der Waals surface area contributed by atoms with Crippen molar-refractivity contribution in [3.8, 4) is 18.1 Å². The number of ether oxygens (including phenoxy) is 1. The van der Waals surface area contributed by atoms with Crippen LogP contribution in [0, 0.1) is 12.3 Å². The number of methoxy groups -OCH3 is 1. The minimum atomic E-state index is -3.65. The Labute approximate surface area is 94.7 Å². The summed E-state index contributed by atoms with van der Waals surface area (Å²) in [6.45, 7) is -0.0756. The Hall–Kier alpha value is -1.71. The monoisotopic (exact) mass is 240 g/mol. The van der Waals surface area contributed by atoms with Crippen molar-refractivity contribution in [3.63, 3.8) is 0 Å². The smallest absolute Gasteiger partial charge is 0.243 e. The van der Waals surface area contributed by atoms with Gasteiger partial charge < -0.3 is 10.5 Å². The van der Waals surface area contributed by atoms with Crippen LogP contribution in [0.5, 0.6) is 5.75 Å². The van der Waals surface area contributed by atoms with Crippen molar-refractivity contribution < 1.29 is 13.2 Å². The second kappa shape index (κ2) is 4.88. The minimum absolute atomic E-state index is 0.0106. The molecule has 0 saturated heterocycles. The molecule has 6 heteroatoms. The molecule has 1 aromatic carbocycles. The molecule has 0 atom stereocenters. The van der Waals surface area contributed by atoms with Crippen molar-refractivity contribution in [2.24, 2.45) is 0 Å². The van der Waals surface area contributed by atoms with Crippen LogP contribution in [-0.2, 0) is 10.0 Å². The van der Waals surface area contributed by atoms with Crippen molar-refractivity contribution in [2.75, 3.05) is 19.4 Å². The number of anilines is 1. The summed E-state index contributed by atoms with van der Waals surface area (Å²) < 4.78 is 30.5. The number of nitrogen functional groups attached to an aromatic ring is 1. The highest BCUT2D eigenvalue weighted by Crippen LogP contribution is 2.23. The fourth-order valence-corrected chi connectivity index (χ4v) is 2.16. The van der Waals surface area contributed by atoms with Gasteiger partial charge in [0.2, 0.25) is 10.0 Å². The number of nitrogens with one attached hydrogen (secondary N) is 1. The second-order valence-electron chi connectivity index (χ2n) is 2.93. The average Bonchev–Trinajstić information content (AvgIpc) is 2.25. The van der Waals surface area contributed by atoms with E-state index in [-0.39, 0.29) is 17.1 Å². The fraction of sp³-hybridized carbons (Fsp3) is 0.200. The molecular formula is C10H12N2O3S. The van der Waals surface area contributed by atoms with Crippen LogP contribution in [0.3, 0.4) is 0 Å². The molecule has 0 heterocycles. The Kier molecular flexibility index (Phi) is 3.77. The maximum absolute atomic E-state index is 11.7. The van der Waals surface area contributed by atoms with Crippen molar-refractivity contribution in [1.29, 1.82) is 0 Å². The lowest BCUT2D eigenvalue weighted by atomic mass is 10.3. The van der Waals surface area contributed by atoms with Crippen LogP contribution >= 0.6 is 0 Å². The van der Waals surface area contributed by atoms with E-state index in [1.165, 1.54) is 25.3 Å². The Bertz CT molecular complexity index is 517. The number of benzene rings is 1. The second-order valence-corrected chi connectivity index (χ2v) is 4.67. The number of nitrogens with two attached hydrogens (primary N) is 1. The Morgan fingerprint density at radius 2 is 2.25 bits per heavy atom. The normalized spacial score (nSPS) is 10.8. The zero-order chi connectivity index (χ0) is 12.2. The summed E-state index contributed by atoms with van der Waals surface area (Å²) in [5, 5.41) is 0. The van der Waals surface area contributed by atoms with E-state index >= 15 is 0 Å². The third-order valence-corrected chi connectivity index (χ3v) is 3.35. The van der Waals surface area contributed by atoms with Crippen molar-refractivity contribution >= 4 is 15.7 Å². The molecule has 0 amide bonds. The van der Waals surface area contributed by atoms with Gasteiger partial charge in [0.05, 0.1) is 19.3 Å². The SMILES string of the molecule is C#CCNS(=O)(=O)c1ccc(OC)cc1N. The van der Waals surface area contributed by atoms with Gasteiger partial charge >= 0.3 is 0 Å². The number of hydrogen-bond acceptors (Lipinski definition) is 4. The highest BCUT2D eigenvalue weighted by atomic mass is 32.2. The average molecular weight is 240 g/mol. The van der Waals surface area contributed by atoms with Gasteiger partial charge in [-0.15, -0.1) is 6.42 Å². The van der Waals surface area contributed by atoms with Crippen LogP contribution in [0.1, 0.15) is 0 Å². The van der Waals surface area contributed by atoms with E-state index in [0.29, 0.717) is 5.75 Å². The molecule has 5 nitrogen and oxygen atoms in total. The van der Waals surface area contributed by atoms with Crippen LogP contribution in [0.4, 0.5) is 5.69 Å². The van der Waals surface area contributed by atoms with Crippen LogP contribution in [-0.4, -0.2) is 22.1 Å². The third kappa shape index (κ3) is 2.66. The molecule has 0 spiro atoms. The lowest BCUT2D eigenvalue weighted by Crippen LogP contribution is -2.24. The van der Waals surface area contributed by atoms with Crippen molar-refractivity contribution in [1.82, 2.24) is 4.72 Å². The molecule has 0 aromatic heterocycles. The first-order chi connectivity index (χ1) is 7.51. The molecule has 86 valence electrons. The van der Waals surface area contributed by atoms with Gasteiger partial charge in [0, 0.05) is 6.07 Å². The van der Waals surface area contributed by atoms with E-state index in [4.69, 9.17) is 16.9 Å². The maximum Gasteiger partial charge on any atom is 0.243 e. The van der Waals surface area contributed by atoms with Gasteiger partial charge in [-0.1, -0.05) is 5.92 Å². The van der Waals surface area contributed by atoms with Gasteiger partial charge in [-0.05, 0) is 12.1 Å². The summed E-state index contributed by atoms with van der Waals surface area (Å²) in [5.41, 5.74) is 5.72. The molecule has 16 heavy (non-hydrogen) atoms. The highest BCUT2D eigenvalue weighted by molar-refractivity contribution is 7.89. The van der Waals surface area contributed by atoms with Crippen LogP contribution < -0.4 is 15.2 Å². The summed E-state index contributed by atoms with van der Waals surface area (Å²) in [6, 6.07) is 4.32. The Morgan fingerprint density at radius 3 is 2.75 bits per heavy atom. The lowest BCUT2D eigenvalue weighted by Gasteiger charge is -2.08. The Balaban J connectivity index is 3.10. The van der Waals surface area contributed by atoms with E-state index in [2.05, 4.69) is 10.6 Å². The van der Waals surface area contributed by atoms with Gasteiger partial charge in [-0.2, -0.15) is 4.72 Å². The maximum atomic E-state index is 11.7. The van der Waals surface area contributed by atoms with Crippen molar-refractivity contribution in [2.45, 2.75) is 4.90 Å². The Morgan fingerprint density at radius 1 is 1.56 bits per heavy atom. The van der Waals surface area contributed by atoms with E-state index < -0.39 is 10.0 Å². The first-order valence-electron chi connectivity index (χ1n) is 4.38. The highest BCUT2D eigenvalue weighted by Gasteiger charge is 2.16. The molecule has 0 aliphatic heterocycles. The summed E-state index contributed by atoms with van der Waals surface area (Å²) in [7, 11) is -2.18. The summed E-state index contributed by atoms with van der Waals surface area (Å²) in [6.07, 6.45) is 4.97. The molecule has 1 rings (SSSR count). The van der Waals surface area contributed by atoms with Crippen LogP contribution in [0.2, 0.25) is 0 Å². The summed E-state index contributed by atoms with van der Waals surface area (Å²) >= 11 is 0. The van der Waals surface area contributed by atoms with E-state index in [0.717, 1.165) is 0 Å². The standard InChI is InChI=1S/C10H12N2O3S/c1-3-6-12-16(13,14)10-5-4-8(15-2)7-9(10)11/h1,4-5,7,12H,6,11H2,2H3. The largest absolute Gasteiger partial charge is 0.497 e. The summed E-state index contributed by atoms with van der Waals surface area (Å²) in [5.74, 6) is 2.67. The molecule has 0 aliphatic rings. The van der Waals surface area contributed by atoms with Gasteiger partial charge in [0.1, 0.15) is 10.6 Å². The molecule has 0 fully saturated rings. The molecule has 3 N–H and O–H groups in total. The summed E-state index contributed by atoms with van der Waals surface area (Å²) in [4.78, 5) is -0.0106. The number of terminal acetylenes is 1. The molecular weight excluding hydrogens is 228 g/mol. The van der Waals surface area contributed by atoms with E-state index in [9.17, 15) is 8.42 Å². The fourth-order valence-electron chi connectivity index (χ4n) is 1.11. The number of hydrogen-bond donors (Lipinski definition) is 2. The first kappa shape index (κ1) is 12.4. The third-order valence-electron chi connectivity index (χ3n) is 1.87. The quantitative estimate of drug-likeness (QED) is 0.581. The predicted molar refractivity (Wildman–Crippen MR) is 61.4 cm³/mol. The molecule has 0 radical (unpaired) electrons. The molecule has 0 saturated carbocycles. The molecule has 0 unspecified atom stereocenters. The van der Waals surface area contributed by atoms with Crippen LogP contribution in [0.25, 0.3) is 0 Å². The predicted octanol–water partition coefficient (Wildman–Crippen LogP) is 0.189. The van der Waals surface area contributed by atoms with Gasteiger partial charge in [-0.3, -0.25) is 0 Å². The first-order valence-corrected chi connectivity index (χ1v) is 5.86. The topological polar surface area (TPSA) is 81.4 Å². The molecule has 0 aliphatic carbocycles. The van der Waals surface area contributed by atoms with Gasteiger partial charge in [0.25, 0.3) is 0 Å². The van der Waals surface area contributed by atoms with Gasteiger partial charge in [0.15, 0.2) is 0 Å². The van der Waals surface area contributed by atoms with Gasteiger partial charge in [-0.25, -0.2) is 8.42 Å². The zero-order valence-corrected chi connectivity index (χ0v) is 9.54. The van der Waals surface area contributed by atoms with Crippen LogP contribution in [0.15, 0.2) is 23.1 Å². The van der Waals surface area contributed by atoms with E-state index in [1.807, 2.05) is 0 Å². The van der Waals surface area contributed by atoms with E-state index in [1.54, 1.807) is 0 Å². The zero-order valence-electron chi connectivity index (χ0n) is 8.73. The number of sulfonamides is 1.